The lowest BCUT2D eigenvalue weighted by Gasteiger charge is -2.04. The molecule has 2 N–H and O–H groups in total. The minimum atomic E-state index is -0.499. The number of hydrazone groups is 1. The van der Waals surface area contributed by atoms with Gasteiger partial charge < -0.3 is 5.32 Å². The molecule has 194 valence electrons. The quantitative estimate of drug-likeness (QED) is 0.206. The van der Waals surface area contributed by atoms with Crippen LogP contribution in [0.25, 0.3) is 0 Å². The molecule has 5 nitrogen and oxygen atoms in total. The highest BCUT2D eigenvalue weighted by atomic mass is 32.1. The van der Waals surface area contributed by atoms with Crippen molar-refractivity contribution in [1.29, 1.82) is 0 Å². The molecule has 2 amide bonds. The summed E-state index contributed by atoms with van der Waals surface area (Å²) in [5.74, 6) is -1.15. The molecule has 1 aromatic heterocycles. The molecule has 0 bridgehead atoms. The van der Waals surface area contributed by atoms with Crippen molar-refractivity contribution < 1.29 is 14.0 Å². The number of nitrogens with zero attached hydrogens (tertiary/aromatic N) is 1. The average Bonchev–Trinajstić information content (AvgIpc) is 3.51. The van der Waals surface area contributed by atoms with E-state index in [0.717, 1.165) is 11.6 Å². The van der Waals surface area contributed by atoms with Crippen LogP contribution < -0.4 is 10.7 Å². The normalized spacial score (nSPS) is 8.12. The first-order valence-electron chi connectivity index (χ1n) is 11.1. The van der Waals surface area contributed by atoms with Gasteiger partial charge in [0.05, 0.1) is 11.1 Å². The topological polar surface area (TPSA) is 70.6 Å². The second-order valence-electron chi connectivity index (χ2n) is 6.72. The van der Waals surface area contributed by atoms with Crippen molar-refractivity contribution in [2.45, 2.75) is 0 Å². The molecule has 3 aromatic rings. The lowest BCUT2D eigenvalue weighted by molar-refractivity contribution is 0.0953. The fourth-order valence-electron chi connectivity index (χ4n) is 2.36. The van der Waals surface area contributed by atoms with Gasteiger partial charge in [0.1, 0.15) is 5.82 Å². The maximum absolute atomic E-state index is 13.1. The highest BCUT2D eigenvalue weighted by Crippen LogP contribution is 2.13. The van der Waals surface area contributed by atoms with Crippen LogP contribution in [-0.4, -0.2) is 18.0 Å². The number of amides is 2. The molecule has 0 aliphatic heterocycles. The molecule has 0 spiro atoms. The summed E-state index contributed by atoms with van der Waals surface area (Å²) >= 11 is 1.37. The Morgan fingerprint density at radius 2 is 1.40 bits per heavy atom. The standard InChI is InChI=1S/C19H14FN3O2S.C9H4.C5H4/c20-15-4-1-3-14(11-15)18(24)23-21-12-13-6-8-16(9-7-13)22-19(25)17-5-2-10-26-17;1-3-5-7-9-8-6-4-2;1-3-5-4-2/h1-12H,(H,22,25)(H,23,24);1-2H2;1-2H2/b21-12+;;. The van der Waals surface area contributed by atoms with Crippen molar-refractivity contribution in [3.05, 3.63) is 171 Å². The predicted octanol–water partition coefficient (Wildman–Crippen LogP) is 7.06. The average molecular weight is 544 g/mol. The van der Waals surface area contributed by atoms with Crippen molar-refractivity contribution in [3.63, 3.8) is 0 Å². The maximum atomic E-state index is 13.1. The van der Waals surface area contributed by atoms with Gasteiger partial charge >= 0.3 is 0 Å². The molecule has 2 aromatic carbocycles. The fraction of sp³-hybridized carbons (Fsp3) is 0. The van der Waals surface area contributed by atoms with Crippen LogP contribution in [0.5, 0.6) is 0 Å². The zero-order valence-electron chi connectivity index (χ0n) is 21.3. The van der Waals surface area contributed by atoms with Crippen molar-refractivity contribution in [3.8, 4) is 0 Å². The number of carbonyl (C=O) groups is 2. The number of anilines is 1. The van der Waals surface area contributed by atoms with E-state index >= 15 is 0 Å². The molecule has 0 atom stereocenters. The number of rotatable bonds is 5. The third kappa shape index (κ3) is 13.9. The van der Waals surface area contributed by atoms with Crippen LogP contribution in [0.2, 0.25) is 0 Å². The van der Waals surface area contributed by atoms with Gasteiger partial charge in [-0.1, -0.05) is 47.2 Å². The van der Waals surface area contributed by atoms with Gasteiger partial charge in [0.25, 0.3) is 11.8 Å². The first kappa shape index (κ1) is 32.0. The Hall–Kier alpha value is -6.04. The van der Waals surface area contributed by atoms with Gasteiger partial charge in [-0.15, -0.1) is 11.3 Å². The summed E-state index contributed by atoms with van der Waals surface area (Å²) < 4.78 is 13.1. The van der Waals surface area contributed by atoms with Crippen LogP contribution in [0.15, 0.2) is 155 Å². The smallest absolute Gasteiger partial charge is 0.271 e. The molecule has 0 saturated heterocycles. The zero-order chi connectivity index (χ0) is 29.4. The van der Waals surface area contributed by atoms with Gasteiger partial charge in [0, 0.05) is 11.3 Å². The van der Waals surface area contributed by atoms with Gasteiger partial charge in [-0.2, -0.15) is 5.10 Å². The molecule has 0 aliphatic rings. The summed E-state index contributed by atoms with van der Waals surface area (Å²) in [6.07, 6.45) is 1.46. The second-order valence-corrected chi connectivity index (χ2v) is 7.67. The van der Waals surface area contributed by atoms with Crippen molar-refractivity contribution in [2.75, 3.05) is 5.32 Å². The lowest BCUT2D eigenvalue weighted by Crippen LogP contribution is -2.17. The van der Waals surface area contributed by atoms with E-state index in [1.165, 1.54) is 35.8 Å². The van der Waals surface area contributed by atoms with Crippen LogP contribution in [0.3, 0.4) is 0 Å². The number of carbonyl (C=O) groups excluding carboxylic acids is 2. The summed E-state index contributed by atoms with van der Waals surface area (Å²) in [5.41, 5.74) is 28.0. The van der Waals surface area contributed by atoms with Gasteiger partial charge in [-0.25, -0.2) is 9.82 Å². The molecule has 3 rings (SSSR count). The van der Waals surface area contributed by atoms with Crippen molar-refractivity contribution in [2.24, 2.45) is 5.10 Å². The van der Waals surface area contributed by atoms with E-state index in [0.29, 0.717) is 10.6 Å². The van der Waals surface area contributed by atoms with E-state index < -0.39 is 11.7 Å². The van der Waals surface area contributed by atoms with E-state index in [1.54, 1.807) is 30.3 Å². The molecule has 0 radical (unpaired) electrons. The highest BCUT2D eigenvalue weighted by molar-refractivity contribution is 7.12. The Labute approximate surface area is 236 Å². The van der Waals surface area contributed by atoms with Crippen LogP contribution in [0.4, 0.5) is 10.1 Å². The Morgan fingerprint density at radius 1 is 0.775 bits per heavy atom. The van der Waals surface area contributed by atoms with Crippen LogP contribution in [0.1, 0.15) is 25.6 Å². The van der Waals surface area contributed by atoms with E-state index in [-0.39, 0.29) is 11.5 Å². The van der Waals surface area contributed by atoms with Gasteiger partial charge in [0.15, 0.2) is 0 Å². The third-order valence-electron chi connectivity index (χ3n) is 3.98. The number of halogens is 1. The van der Waals surface area contributed by atoms with Crippen LogP contribution >= 0.6 is 11.3 Å². The number of nitrogens with one attached hydrogen (secondary N) is 2. The molecule has 0 aliphatic carbocycles. The van der Waals surface area contributed by atoms with Crippen LogP contribution in [0, 0.1) is 5.82 Å². The zero-order valence-corrected chi connectivity index (χ0v) is 22.1. The van der Waals surface area contributed by atoms with E-state index in [9.17, 15) is 14.0 Å². The highest BCUT2D eigenvalue weighted by Gasteiger charge is 2.06. The molecule has 0 unspecified atom stereocenters. The SMILES string of the molecule is C=C=C=C=C.C=C=C=C=C=C=C=C=C.O=C(N/N=C/c1ccc(NC(=O)c2cccs2)cc1)c1cccc(F)c1. The molecule has 7 heteroatoms. The monoisotopic (exact) mass is 543 g/mol. The summed E-state index contributed by atoms with van der Waals surface area (Å²) in [5, 5.41) is 8.48. The molecule has 1 heterocycles. The van der Waals surface area contributed by atoms with E-state index in [4.69, 9.17) is 0 Å². The molecule has 0 saturated carbocycles. The Morgan fingerprint density at radius 3 is 1.93 bits per heavy atom. The Balaban J connectivity index is 0.000000474. The van der Waals surface area contributed by atoms with E-state index in [2.05, 4.69) is 99.5 Å². The summed E-state index contributed by atoms with van der Waals surface area (Å²) in [4.78, 5) is 24.4. The maximum Gasteiger partial charge on any atom is 0.271 e. The van der Waals surface area contributed by atoms with E-state index in [1.807, 2.05) is 11.4 Å². The largest absolute Gasteiger partial charge is 0.321 e. The molecular weight excluding hydrogens is 521 g/mol. The summed E-state index contributed by atoms with van der Waals surface area (Å²) in [6, 6.07) is 15.9. The first-order chi connectivity index (χ1) is 19.4. The number of benzene rings is 2. The lowest BCUT2D eigenvalue weighted by atomic mass is 10.2. The van der Waals surface area contributed by atoms with Crippen molar-refractivity contribution >= 4 is 35.1 Å². The third-order valence-corrected chi connectivity index (χ3v) is 4.85. The van der Waals surface area contributed by atoms with Gasteiger partial charge in [-0.05, 0) is 108 Å². The van der Waals surface area contributed by atoms with Crippen LogP contribution in [-0.2, 0) is 0 Å². The first-order valence-corrected chi connectivity index (χ1v) is 11.9. The minimum Gasteiger partial charge on any atom is -0.321 e. The summed E-state index contributed by atoms with van der Waals surface area (Å²) in [6.45, 7) is 13.0. The molecular formula is C33H22FN3O2S. The number of hydrogen-bond donors (Lipinski definition) is 2. The number of hydrogen-bond acceptors (Lipinski definition) is 4. The van der Waals surface area contributed by atoms with Gasteiger partial charge in [0.2, 0.25) is 0 Å². The minimum absolute atomic E-state index is 0.163. The predicted molar refractivity (Wildman–Crippen MR) is 158 cm³/mol. The number of thiophene rings is 1. The molecule has 40 heavy (non-hydrogen) atoms. The van der Waals surface area contributed by atoms with Gasteiger partial charge in [-0.3, -0.25) is 9.59 Å². The fourth-order valence-corrected chi connectivity index (χ4v) is 2.98. The Kier molecular flexibility index (Phi) is 16.0. The van der Waals surface area contributed by atoms with Crippen molar-refractivity contribution in [1.82, 2.24) is 5.43 Å². The summed E-state index contributed by atoms with van der Waals surface area (Å²) in [7, 11) is 0. The second kappa shape index (κ2) is 20.1. The molecule has 0 fully saturated rings. The Bertz CT molecular complexity index is 1660.